The summed E-state index contributed by atoms with van der Waals surface area (Å²) in [5.74, 6) is -0.0298. The third-order valence-corrected chi connectivity index (χ3v) is 21.4. The van der Waals surface area contributed by atoms with Crippen molar-refractivity contribution in [2.24, 2.45) is 11.3 Å². The van der Waals surface area contributed by atoms with Crippen molar-refractivity contribution < 1.29 is 82.3 Å². The first-order chi connectivity index (χ1) is 43.0. The SMILES string of the molecule is F[C-](F)F.O.O.O=C1CCC(N2Cc3cc(N4CCC(CN5CCC6(CCC(c7ccc(Cl)cc7)=C(CN7CCN(c8ccc(C(=O)NS(=O)(=O)c9c[c-]c(N[C@H](CCN%10CCOCC%10)CSc%10ccccc%10)cc9)cc8)CC7)C6)C5)CC4)ccc3C2=O)C(=O)N1.[Sc]. The molecule has 6 aliphatic heterocycles. The second kappa shape index (κ2) is 33.1. The molecule has 7 N–H and O–H groups in total. The predicted octanol–water partition coefficient (Wildman–Crippen LogP) is 8.37. The van der Waals surface area contributed by atoms with Crippen molar-refractivity contribution in [2.75, 3.05) is 119 Å². The summed E-state index contributed by atoms with van der Waals surface area (Å²) in [5.41, 5.74) is 9.22. The largest absolute Gasteiger partial charge is 0.412 e. The average molecular weight is 1360 g/mol. The van der Waals surface area contributed by atoms with Gasteiger partial charge in [-0.05, 0) is 158 Å². The number of benzene rings is 5. The first-order valence-corrected chi connectivity index (χ1v) is 33.8. The van der Waals surface area contributed by atoms with Crippen molar-refractivity contribution in [1.29, 1.82) is 0 Å². The molecule has 25 heteroatoms. The fourth-order valence-electron chi connectivity index (χ4n) is 13.9. The Kier molecular flexibility index (Phi) is 26.0. The number of allylic oxidation sites excluding steroid dienone is 1. The third kappa shape index (κ3) is 18.6. The first kappa shape index (κ1) is 72.2. The van der Waals surface area contributed by atoms with E-state index in [0.717, 1.165) is 158 Å². The van der Waals surface area contributed by atoms with Gasteiger partial charge in [0.05, 0.1) is 13.2 Å². The zero-order valence-corrected chi connectivity index (χ0v) is 55.7. The molecular weight excluding hydrogens is 1280 g/mol. The van der Waals surface area contributed by atoms with Crippen molar-refractivity contribution in [3.63, 3.8) is 0 Å². The number of carbonyl (C=O) groups excluding carboxylic acids is 4. The summed E-state index contributed by atoms with van der Waals surface area (Å²) in [4.78, 5) is 66.5. The van der Waals surface area contributed by atoms with Crippen LogP contribution < -0.4 is 25.2 Å². The summed E-state index contributed by atoms with van der Waals surface area (Å²) in [6.07, 6.45) is 8.26. The number of piperazine rings is 1. The summed E-state index contributed by atoms with van der Waals surface area (Å²) in [7, 11) is -4.16. The number of thioether (sulfide) groups is 1. The van der Waals surface area contributed by atoms with Crippen LogP contribution in [0.2, 0.25) is 5.02 Å². The van der Waals surface area contributed by atoms with Gasteiger partial charge in [0.25, 0.3) is 11.8 Å². The number of halogens is 4. The summed E-state index contributed by atoms with van der Waals surface area (Å²) < 4.78 is 63.7. The van der Waals surface area contributed by atoms with Gasteiger partial charge in [0.2, 0.25) is 21.8 Å². The number of piperidine rings is 2. The van der Waals surface area contributed by atoms with Crippen molar-refractivity contribution >= 4 is 79.7 Å². The average Bonchev–Trinajstić information content (AvgIpc) is 1.60. The molecule has 0 aromatic heterocycles. The fraction of sp³-hybridized carbons (Fsp3) is 0.448. The molecule has 5 saturated heterocycles. The van der Waals surface area contributed by atoms with Crippen LogP contribution in [0, 0.1) is 24.1 Å². The van der Waals surface area contributed by atoms with Crippen molar-refractivity contribution in [3.8, 4) is 0 Å². The smallest absolute Gasteiger partial charge is 0.264 e. The standard InChI is InChI=1S/C66H77ClN9O7S2.CF3.2H2O.Sc/c67-52-10-6-48(7-11-52)59-22-26-66(27-31-73(46-66)42-47-23-29-74(30-24-47)56-16-19-60-50(40-56)44-76(65(60)80)61-20-21-62(77)69-64(61)79)41-51(59)43-72-32-34-75(35-33-72)55-14-8-49(9-15-55)63(78)70-85(81,82)58-17-12-53(13-18-58)68-54(25-28-71-36-38-83-39-37-71)45-84-57-4-2-1-3-5-57;2-1(3)4;;;/h1-12,14-19,40,47,54,61,68H,20-39,41-46H2,(H,70,78)(H,69,77,79);;2*1H2;/q2*-1;;;/t54-,61?,66?;;;;/m1..../s1. The van der Waals surface area contributed by atoms with Gasteiger partial charge < -0.3 is 53.8 Å². The van der Waals surface area contributed by atoms with Gasteiger partial charge in [-0.2, -0.15) is 18.2 Å². The van der Waals surface area contributed by atoms with E-state index in [0.29, 0.717) is 30.1 Å². The van der Waals surface area contributed by atoms with Crippen LogP contribution in [0.4, 0.5) is 30.2 Å². The molecule has 0 saturated carbocycles. The number of ether oxygens (including phenoxy) is 1. The minimum absolute atomic E-state index is 0. The number of rotatable bonds is 19. The number of hydrogen-bond donors (Lipinski definition) is 3. The Hall–Kier alpha value is -5.67. The number of anilines is 3. The van der Waals surface area contributed by atoms with Crippen LogP contribution in [0.3, 0.4) is 0 Å². The molecule has 493 valence electrons. The number of carbonyl (C=O) groups is 4. The normalized spacial score (nSPS) is 21.2. The van der Waals surface area contributed by atoms with Gasteiger partial charge >= 0.3 is 0 Å². The van der Waals surface area contributed by atoms with E-state index in [-0.39, 0.29) is 82.9 Å². The number of imide groups is 1. The molecule has 3 atom stereocenters. The maximum Gasteiger partial charge on any atom is 0.264 e. The van der Waals surface area contributed by atoms with E-state index in [4.69, 9.17) is 16.3 Å². The number of morpholine rings is 1. The summed E-state index contributed by atoms with van der Waals surface area (Å²) in [5, 5.41) is 6.73. The monoisotopic (exact) mass is 1360 g/mol. The Balaban J connectivity index is 0.00000151. The van der Waals surface area contributed by atoms with E-state index in [1.165, 1.54) is 41.0 Å². The molecule has 12 rings (SSSR count). The molecule has 1 aliphatic carbocycles. The maximum atomic E-state index is 13.5. The summed E-state index contributed by atoms with van der Waals surface area (Å²) in [6.45, 7) is 11.2. The molecule has 0 bridgehead atoms. The number of amides is 4. The van der Waals surface area contributed by atoms with Gasteiger partial charge in [-0.15, -0.1) is 17.8 Å². The molecule has 7 aliphatic rings. The van der Waals surface area contributed by atoms with Crippen LogP contribution in [0.15, 0.2) is 131 Å². The Bertz CT molecular complexity index is 3440. The fourth-order valence-corrected chi connectivity index (χ4v) is 15.9. The van der Waals surface area contributed by atoms with Crippen LogP contribution in [0.1, 0.15) is 89.6 Å². The number of likely N-dealkylation sites (tertiary alicyclic amines) is 1. The van der Waals surface area contributed by atoms with Crippen molar-refractivity contribution in [1.82, 2.24) is 29.6 Å². The molecule has 5 aromatic carbocycles. The van der Waals surface area contributed by atoms with Gasteiger partial charge in [-0.3, -0.25) is 39.0 Å². The van der Waals surface area contributed by atoms with Gasteiger partial charge in [0.1, 0.15) is 6.04 Å². The van der Waals surface area contributed by atoms with Gasteiger partial charge in [0, 0.05) is 162 Å². The molecule has 18 nitrogen and oxygen atoms in total. The number of nitrogens with zero attached hydrogens (tertiary/aromatic N) is 6. The third-order valence-electron chi connectivity index (χ3n) is 18.7. The zero-order valence-electron chi connectivity index (χ0n) is 51.5. The molecule has 1 spiro atoms. The van der Waals surface area contributed by atoms with Gasteiger partial charge in [0.15, 0.2) is 6.68 Å². The molecule has 5 aromatic rings. The number of nitrogens with one attached hydrogen (secondary N) is 3. The molecular formula is C67H81ClF3N9O9S2Sc-2. The van der Waals surface area contributed by atoms with E-state index in [1.54, 1.807) is 40.4 Å². The Morgan fingerprint density at radius 1 is 0.793 bits per heavy atom. The van der Waals surface area contributed by atoms with Crippen LogP contribution in [-0.2, 0) is 56.7 Å². The number of fused-ring (bicyclic) bond motifs is 1. The first-order valence-electron chi connectivity index (χ1n) is 31.0. The molecule has 1 radical (unpaired) electrons. The minimum Gasteiger partial charge on any atom is -0.412 e. The Morgan fingerprint density at radius 3 is 2.17 bits per heavy atom. The second-order valence-electron chi connectivity index (χ2n) is 24.5. The van der Waals surface area contributed by atoms with Gasteiger partial charge in [-0.1, -0.05) is 53.2 Å². The van der Waals surface area contributed by atoms with Crippen LogP contribution >= 0.6 is 23.4 Å². The Morgan fingerprint density at radius 2 is 1.49 bits per heavy atom. The van der Waals surface area contributed by atoms with Crippen molar-refractivity contribution in [2.45, 2.75) is 86.2 Å². The quantitative estimate of drug-likeness (QED) is 0.0401. The van der Waals surface area contributed by atoms with Crippen LogP contribution in [-0.4, -0.2) is 179 Å². The molecule has 4 amide bonds. The summed E-state index contributed by atoms with van der Waals surface area (Å²) in [6, 6.07) is 39.3. The molecule has 5 fully saturated rings. The van der Waals surface area contributed by atoms with E-state index in [2.05, 4.69) is 82.3 Å². The number of sulfonamides is 1. The van der Waals surface area contributed by atoms with Crippen molar-refractivity contribution in [3.05, 3.63) is 161 Å². The minimum atomic E-state index is -4.16. The molecule has 2 unspecified atom stereocenters. The van der Waals surface area contributed by atoms with E-state index in [1.807, 2.05) is 48.5 Å². The zero-order chi connectivity index (χ0) is 62.1. The predicted molar refractivity (Wildman–Crippen MR) is 348 cm³/mol. The van der Waals surface area contributed by atoms with Crippen LogP contribution in [0.5, 0.6) is 0 Å². The van der Waals surface area contributed by atoms with E-state index < -0.39 is 28.7 Å². The number of hydrogen-bond acceptors (Lipinski definition) is 14. The van der Waals surface area contributed by atoms with Crippen LogP contribution in [0.25, 0.3) is 5.57 Å². The summed E-state index contributed by atoms with van der Waals surface area (Å²) >= 11 is 8.20. The Labute approximate surface area is 565 Å². The van der Waals surface area contributed by atoms with E-state index >= 15 is 0 Å². The second-order valence-corrected chi connectivity index (χ2v) is 27.7. The van der Waals surface area contributed by atoms with E-state index in [9.17, 15) is 40.8 Å². The molecule has 92 heavy (non-hydrogen) atoms. The topological polar surface area (TPSA) is 230 Å². The maximum absolute atomic E-state index is 13.5. The molecule has 6 heterocycles. The van der Waals surface area contributed by atoms with Gasteiger partial charge in [-0.25, -0.2) is 8.42 Å².